The van der Waals surface area contributed by atoms with Crippen molar-refractivity contribution in [3.05, 3.63) is 96.1 Å². The summed E-state index contributed by atoms with van der Waals surface area (Å²) in [5.41, 5.74) is 10.2. The van der Waals surface area contributed by atoms with Gasteiger partial charge >= 0.3 is 6.09 Å². The van der Waals surface area contributed by atoms with E-state index in [-0.39, 0.29) is 6.61 Å². The molecule has 0 saturated carbocycles. The second kappa shape index (κ2) is 8.38. The van der Waals surface area contributed by atoms with Gasteiger partial charge in [0, 0.05) is 16.8 Å². The van der Waals surface area contributed by atoms with Gasteiger partial charge in [0.2, 0.25) is 0 Å². The van der Waals surface area contributed by atoms with Gasteiger partial charge in [-0.05, 0) is 40.6 Å². The molecule has 0 aliphatic rings. The van der Waals surface area contributed by atoms with Crippen LogP contribution in [0.5, 0.6) is 0 Å². The summed E-state index contributed by atoms with van der Waals surface area (Å²) in [6.07, 6.45) is -0.580. The number of nitrogen functional groups attached to an aromatic ring is 1. The Hall–Kier alpha value is -4.30. The lowest BCUT2D eigenvalue weighted by Gasteiger charge is -2.16. The number of hydrogen-bond acceptors (Lipinski definition) is 4. The molecule has 0 spiro atoms. The Morgan fingerprint density at radius 2 is 1.73 bits per heavy atom. The van der Waals surface area contributed by atoms with Crippen molar-refractivity contribution in [1.29, 1.82) is 5.26 Å². The summed E-state index contributed by atoms with van der Waals surface area (Å²) in [5.74, 6) is 0. The Labute approximate surface area is 174 Å². The smallest absolute Gasteiger partial charge is 0.411 e. The van der Waals surface area contributed by atoms with Crippen LogP contribution in [0.2, 0.25) is 0 Å². The molecule has 0 aliphatic carbocycles. The normalized spacial score (nSPS) is 10.4. The van der Waals surface area contributed by atoms with Crippen LogP contribution in [-0.2, 0) is 11.3 Å². The summed E-state index contributed by atoms with van der Waals surface area (Å²) in [4.78, 5) is 12.4. The molecule has 3 N–H and O–H groups in total. The summed E-state index contributed by atoms with van der Waals surface area (Å²) in [6.45, 7) is 0.161. The van der Waals surface area contributed by atoms with Crippen LogP contribution in [0.15, 0.2) is 84.9 Å². The van der Waals surface area contributed by atoms with Crippen LogP contribution in [-0.4, -0.2) is 6.09 Å². The summed E-state index contributed by atoms with van der Waals surface area (Å²) in [7, 11) is 0. The third-order valence-corrected chi connectivity index (χ3v) is 4.83. The number of nitriles is 1. The maximum atomic E-state index is 12.4. The number of anilines is 2. The van der Waals surface area contributed by atoms with Crippen LogP contribution in [0.4, 0.5) is 16.2 Å². The Balaban J connectivity index is 1.70. The minimum atomic E-state index is -0.580. The van der Waals surface area contributed by atoms with Crippen LogP contribution in [0.25, 0.3) is 21.9 Å². The van der Waals surface area contributed by atoms with Crippen LogP contribution in [0.3, 0.4) is 0 Å². The van der Waals surface area contributed by atoms with Gasteiger partial charge in [-0.25, -0.2) is 4.79 Å². The van der Waals surface area contributed by atoms with Gasteiger partial charge < -0.3 is 10.5 Å². The van der Waals surface area contributed by atoms with Gasteiger partial charge in [-0.1, -0.05) is 60.7 Å². The predicted molar refractivity (Wildman–Crippen MR) is 119 cm³/mol. The van der Waals surface area contributed by atoms with Crippen molar-refractivity contribution in [3.63, 3.8) is 0 Å². The van der Waals surface area contributed by atoms with Crippen LogP contribution in [0.1, 0.15) is 11.1 Å². The van der Waals surface area contributed by atoms with E-state index in [1.807, 2.05) is 66.7 Å². The number of rotatable bonds is 4. The molecule has 4 rings (SSSR count). The van der Waals surface area contributed by atoms with Crippen molar-refractivity contribution in [2.75, 3.05) is 11.1 Å². The standard InChI is InChI=1S/C25H19N3O2/c26-15-18-10-13-23(28-25(29)30-16-17-6-2-1-3-7-17)21(14-18)24-20-9-5-4-8-19(20)11-12-22(24)27/h1-14H,16,27H2,(H,28,29). The third-order valence-electron chi connectivity index (χ3n) is 4.83. The van der Waals surface area contributed by atoms with Gasteiger partial charge in [-0.2, -0.15) is 5.26 Å². The Bertz CT molecular complexity index is 1260. The second-order valence-corrected chi connectivity index (χ2v) is 6.81. The Morgan fingerprint density at radius 3 is 2.53 bits per heavy atom. The number of fused-ring (bicyclic) bond motifs is 1. The van der Waals surface area contributed by atoms with Crippen molar-refractivity contribution < 1.29 is 9.53 Å². The molecule has 0 heterocycles. The molecule has 0 atom stereocenters. The molecular formula is C25H19N3O2. The Morgan fingerprint density at radius 1 is 0.967 bits per heavy atom. The molecule has 4 aromatic rings. The lowest BCUT2D eigenvalue weighted by molar-refractivity contribution is 0.155. The molecule has 0 bridgehead atoms. The SMILES string of the molecule is N#Cc1ccc(NC(=O)OCc2ccccc2)c(-c2c(N)ccc3ccccc23)c1. The average Bonchev–Trinajstić information content (AvgIpc) is 2.79. The molecule has 1 amide bonds. The maximum absolute atomic E-state index is 12.4. The summed E-state index contributed by atoms with van der Waals surface area (Å²) >= 11 is 0. The van der Waals surface area contributed by atoms with E-state index >= 15 is 0 Å². The molecule has 4 aromatic carbocycles. The highest BCUT2D eigenvalue weighted by atomic mass is 16.5. The van der Waals surface area contributed by atoms with E-state index in [4.69, 9.17) is 10.5 Å². The minimum absolute atomic E-state index is 0.161. The molecule has 0 fully saturated rings. The third kappa shape index (κ3) is 3.94. The number of benzene rings is 4. The molecule has 0 aromatic heterocycles. The van der Waals surface area contributed by atoms with Crippen molar-refractivity contribution in [2.45, 2.75) is 6.61 Å². The quantitative estimate of drug-likeness (QED) is 0.435. The fourth-order valence-corrected chi connectivity index (χ4v) is 3.39. The largest absolute Gasteiger partial charge is 0.444 e. The van der Waals surface area contributed by atoms with Crippen molar-refractivity contribution in [1.82, 2.24) is 0 Å². The number of carbonyl (C=O) groups excluding carboxylic acids is 1. The second-order valence-electron chi connectivity index (χ2n) is 6.81. The molecular weight excluding hydrogens is 374 g/mol. The topological polar surface area (TPSA) is 88.1 Å². The van der Waals surface area contributed by atoms with E-state index in [0.717, 1.165) is 21.9 Å². The first-order chi connectivity index (χ1) is 14.7. The first kappa shape index (κ1) is 19.0. The molecule has 0 unspecified atom stereocenters. The number of carbonyl (C=O) groups is 1. The first-order valence-electron chi connectivity index (χ1n) is 9.45. The number of amides is 1. The van der Waals surface area contributed by atoms with Crippen LogP contribution in [0, 0.1) is 11.3 Å². The van der Waals surface area contributed by atoms with Gasteiger partial charge in [-0.3, -0.25) is 5.32 Å². The monoisotopic (exact) mass is 393 g/mol. The zero-order valence-electron chi connectivity index (χ0n) is 16.1. The summed E-state index contributed by atoms with van der Waals surface area (Å²) < 4.78 is 5.35. The molecule has 146 valence electrons. The zero-order chi connectivity index (χ0) is 20.9. The number of nitrogens with one attached hydrogen (secondary N) is 1. The summed E-state index contributed by atoms with van der Waals surface area (Å²) in [5, 5.41) is 14.1. The number of nitrogens with two attached hydrogens (primary N) is 1. The highest BCUT2D eigenvalue weighted by molar-refractivity contribution is 6.06. The van der Waals surface area contributed by atoms with Gasteiger partial charge in [0.05, 0.1) is 17.3 Å². The highest BCUT2D eigenvalue weighted by Crippen LogP contribution is 2.38. The molecule has 0 saturated heterocycles. The maximum Gasteiger partial charge on any atom is 0.411 e. The molecule has 5 heteroatoms. The molecule has 0 radical (unpaired) electrons. The van der Waals surface area contributed by atoms with Crippen LogP contribution >= 0.6 is 0 Å². The van der Waals surface area contributed by atoms with Crippen molar-refractivity contribution in [2.24, 2.45) is 0 Å². The highest BCUT2D eigenvalue weighted by Gasteiger charge is 2.15. The van der Waals surface area contributed by atoms with E-state index < -0.39 is 6.09 Å². The van der Waals surface area contributed by atoms with Crippen LogP contribution < -0.4 is 11.1 Å². The van der Waals surface area contributed by atoms with E-state index in [9.17, 15) is 10.1 Å². The van der Waals surface area contributed by atoms with Crippen molar-refractivity contribution >= 4 is 28.2 Å². The van der Waals surface area contributed by atoms with E-state index in [0.29, 0.717) is 22.5 Å². The van der Waals surface area contributed by atoms with Crippen molar-refractivity contribution in [3.8, 4) is 17.2 Å². The van der Waals surface area contributed by atoms with Gasteiger partial charge in [-0.15, -0.1) is 0 Å². The first-order valence-corrected chi connectivity index (χ1v) is 9.45. The van der Waals surface area contributed by atoms with Gasteiger partial charge in [0.15, 0.2) is 0 Å². The zero-order valence-corrected chi connectivity index (χ0v) is 16.1. The number of hydrogen-bond donors (Lipinski definition) is 2. The lowest BCUT2D eigenvalue weighted by Crippen LogP contribution is -2.14. The predicted octanol–water partition coefficient (Wildman–Crippen LogP) is 5.71. The fraction of sp³-hybridized carbons (Fsp3) is 0.0400. The number of ether oxygens (including phenoxy) is 1. The Kier molecular flexibility index (Phi) is 5.31. The van der Waals surface area contributed by atoms with E-state index in [1.54, 1.807) is 18.2 Å². The molecule has 30 heavy (non-hydrogen) atoms. The minimum Gasteiger partial charge on any atom is -0.444 e. The summed E-state index contributed by atoms with van der Waals surface area (Å²) in [6, 6.07) is 28.3. The molecule has 5 nitrogen and oxygen atoms in total. The average molecular weight is 393 g/mol. The fourth-order valence-electron chi connectivity index (χ4n) is 3.39. The van der Waals surface area contributed by atoms with E-state index in [1.165, 1.54) is 0 Å². The number of nitrogens with zero attached hydrogens (tertiary/aromatic N) is 1. The lowest BCUT2D eigenvalue weighted by atomic mass is 9.94. The van der Waals surface area contributed by atoms with E-state index in [2.05, 4.69) is 11.4 Å². The van der Waals surface area contributed by atoms with Gasteiger partial charge in [0.1, 0.15) is 6.61 Å². The molecule has 0 aliphatic heterocycles. The van der Waals surface area contributed by atoms with Gasteiger partial charge in [0.25, 0.3) is 0 Å².